The van der Waals surface area contributed by atoms with Crippen molar-refractivity contribution >= 4 is 5.97 Å². The lowest BCUT2D eigenvalue weighted by Gasteiger charge is -2.10. The minimum absolute atomic E-state index is 0.0228. The zero-order valence-corrected chi connectivity index (χ0v) is 11.3. The zero-order chi connectivity index (χ0) is 15.5. The first-order valence-corrected chi connectivity index (χ1v) is 6.26. The van der Waals surface area contributed by atoms with Crippen LogP contribution >= 0.6 is 0 Å². The van der Waals surface area contributed by atoms with E-state index >= 15 is 0 Å². The van der Waals surface area contributed by atoms with Gasteiger partial charge in [-0.15, -0.1) is 0 Å². The second-order valence-electron chi connectivity index (χ2n) is 4.65. The molecule has 0 aliphatic rings. The molecule has 0 saturated carbocycles. The van der Waals surface area contributed by atoms with E-state index in [-0.39, 0.29) is 12.2 Å². The average molecular weight is 294 g/mol. The Balaban J connectivity index is 2.14. The lowest BCUT2D eigenvalue weighted by molar-refractivity contribution is -0.137. The Bertz CT molecular complexity index is 634. The molecule has 2 rings (SSSR count). The third-order valence-electron chi connectivity index (χ3n) is 2.85. The van der Waals surface area contributed by atoms with Gasteiger partial charge in [-0.05, 0) is 36.2 Å². The number of ether oxygens (including phenoxy) is 1. The van der Waals surface area contributed by atoms with Crippen LogP contribution < -0.4 is 0 Å². The Kier molecular flexibility index (Phi) is 4.31. The van der Waals surface area contributed by atoms with Crippen molar-refractivity contribution in [2.45, 2.75) is 19.7 Å². The summed E-state index contributed by atoms with van der Waals surface area (Å²) in [5.41, 5.74) is 0.179. The molecule has 110 valence electrons. The van der Waals surface area contributed by atoms with E-state index in [1.54, 1.807) is 24.3 Å². The van der Waals surface area contributed by atoms with E-state index in [9.17, 15) is 18.0 Å². The normalized spacial score (nSPS) is 11.2. The van der Waals surface area contributed by atoms with E-state index < -0.39 is 17.7 Å². The van der Waals surface area contributed by atoms with Crippen molar-refractivity contribution in [1.82, 2.24) is 0 Å². The third kappa shape index (κ3) is 4.08. The van der Waals surface area contributed by atoms with Gasteiger partial charge in [-0.2, -0.15) is 13.2 Å². The van der Waals surface area contributed by atoms with Gasteiger partial charge < -0.3 is 4.74 Å². The SMILES string of the molecule is Cc1cc(C(=O)OCc2ccccc2)cc(C(F)(F)F)c1. The fraction of sp³-hybridized carbons (Fsp3) is 0.188. The first-order chi connectivity index (χ1) is 9.86. The van der Waals surface area contributed by atoms with Crippen LogP contribution in [0.1, 0.15) is 27.0 Å². The van der Waals surface area contributed by atoms with Crippen LogP contribution in [0.3, 0.4) is 0 Å². The van der Waals surface area contributed by atoms with Crippen LogP contribution in [0.4, 0.5) is 13.2 Å². The highest BCUT2D eigenvalue weighted by atomic mass is 19.4. The maximum Gasteiger partial charge on any atom is 0.416 e. The fourth-order valence-electron chi connectivity index (χ4n) is 1.87. The molecule has 0 aromatic heterocycles. The average Bonchev–Trinajstić information content (AvgIpc) is 2.44. The predicted molar refractivity (Wildman–Crippen MR) is 71.7 cm³/mol. The van der Waals surface area contributed by atoms with Crippen molar-refractivity contribution in [3.05, 3.63) is 70.8 Å². The molecule has 0 aliphatic heterocycles. The largest absolute Gasteiger partial charge is 0.457 e. The molecule has 0 aliphatic carbocycles. The van der Waals surface area contributed by atoms with Crippen molar-refractivity contribution in [3.8, 4) is 0 Å². The summed E-state index contributed by atoms with van der Waals surface area (Å²) in [6.45, 7) is 1.53. The fourth-order valence-corrected chi connectivity index (χ4v) is 1.87. The number of esters is 1. The van der Waals surface area contributed by atoms with Gasteiger partial charge in [0, 0.05) is 0 Å². The van der Waals surface area contributed by atoms with Gasteiger partial charge in [0.15, 0.2) is 0 Å². The van der Waals surface area contributed by atoms with E-state index in [4.69, 9.17) is 4.74 Å². The molecule has 21 heavy (non-hydrogen) atoms. The van der Waals surface area contributed by atoms with E-state index in [1.807, 2.05) is 6.07 Å². The molecule has 0 atom stereocenters. The van der Waals surface area contributed by atoms with Crippen molar-refractivity contribution in [1.29, 1.82) is 0 Å². The predicted octanol–water partition coefficient (Wildman–Crippen LogP) is 4.37. The van der Waals surface area contributed by atoms with Gasteiger partial charge >= 0.3 is 12.1 Å². The molecule has 2 nitrogen and oxygen atoms in total. The number of halogens is 3. The smallest absolute Gasteiger partial charge is 0.416 e. The Morgan fingerprint density at radius 2 is 1.76 bits per heavy atom. The molecule has 5 heteroatoms. The van der Waals surface area contributed by atoms with E-state index in [0.717, 1.165) is 17.7 Å². The standard InChI is InChI=1S/C16H13F3O2/c1-11-7-13(9-14(8-11)16(17,18)19)15(20)21-10-12-5-3-2-4-6-12/h2-9H,10H2,1H3. The second kappa shape index (κ2) is 5.99. The highest BCUT2D eigenvalue weighted by Gasteiger charge is 2.31. The molecule has 0 fully saturated rings. The first-order valence-electron chi connectivity index (χ1n) is 6.26. The topological polar surface area (TPSA) is 26.3 Å². The first kappa shape index (κ1) is 15.1. The van der Waals surface area contributed by atoms with Crippen LogP contribution in [-0.4, -0.2) is 5.97 Å². The van der Waals surface area contributed by atoms with Gasteiger partial charge in [-0.25, -0.2) is 4.79 Å². The number of carbonyl (C=O) groups excluding carboxylic acids is 1. The molecule has 2 aromatic rings. The van der Waals surface area contributed by atoms with E-state index in [0.29, 0.717) is 5.56 Å². The number of hydrogen-bond donors (Lipinski definition) is 0. The molecule has 0 radical (unpaired) electrons. The number of rotatable bonds is 3. The molecule has 2 aromatic carbocycles. The number of hydrogen-bond acceptors (Lipinski definition) is 2. The van der Waals surface area contributed by atoms with Crippen molar-refractivity contribution < 1.29 is 22.7 Å². The lowest BCUT2D eigenvalue weighted by Crippen LogP contribution is -2.10. The van der Waals surface area contributed by atoms with Crippen molar-refractivity contribution in [2.75, 3.05) is 0 Å². The summed E-state index contributed by atoms with van der Waals surface area (Å²) >= 11 is 0. The highest BCUT2D eigenvalue weighted by molar-refractivity contribution is 5.89. The van der Waals surface area contributed by atoms with Crippen molar-refractivity contribution in [3.63, 3.8) is 0 Å². The summed E-state index contributed by atoms with van der Waals surface area (Å²) in [7, 11) is 0. The van der Waals surface area contributed by atoms with E-state index in [1.165, 1.54) is 13.0 Å². The Morgan fingerprint density at radius 3 is 2.38 bits per heavy atom. The summed E-state index contributed by atoms with van der Waals surface area (Å²) in [4.78, 5) is 11.9. The van der Waals surface area contributed by atoms with Crippen molar-refractivity contribution in [2.24, 2.45) is 0 Å². The molecule has 0 unspecified atom stereocenters. The quantitative estimate of drug-likeness (QED) is 0.786. The number of alkyl halides is 3. The molecular weight excluding hydrogens is 281 g/mol. The molecular formula is C16H13F3O2. The van der Waals surface area contributed by atoms with Gasteiger partial charge in [0.1, 0.15) is 6.61 Å². The van der Waals surface area contributed by atoms with Crippen LogP contribution in [0.2, 0.25) is 0 Å². The van der Waals surface area contributed by atoms with Crippen LogP contribution in [0.15, 0.2) is 48.5 Å². The summed E-state index contributed by atoms with van der Waals surface area (Å²) in [6, 6.07) is 12.1. The van der Waals surface area contributed by atoms with E-state index in [2.05, 4.69) is 0 Å². The van der Waals surface area contributed by atoms with Gasteiger partial charge in [0.2, 0.25) is 0 Å². The summed E-state index contributed by atoms with van der Waals surface area (Å²) in [6.07, 6.45) is -4.49. The van der Waals surface area contributed by atoms with Gasteiger partial charge in [-0.3, -0.25) is 0 Å². The molecule has 0 heterocycles. The second-order valence-corrected chi connectivity index (χ2v) is 4.65. The minimum Gasteiger partial charge on any atom is -0.457 e. The van der Waals surface area contributed by atoms with Crippen LogP contribution in [0.25, 0.3) is 0 Å². The van der Waals surface area contributed by atoms with Gasteiger partial charge in [-0.1, -0.05) is 30.3 Å². The number of aryl methyl sites for hydroxylation is 1. The molecule has 0 amide bonds. The number of benzene rings is 2. The maximum absolute atomic E-state index is 12.7. The molecule has 0 spiro atoms. The Labute approximate surface area is 120 Å². The van der Waals surface area contributed by atoms with Gasteiger partial charge in [0.05, 0.1) is 11.1 Å². The number of carbonyl (C=O) groups is 1. The highest BCUT2D eigenvalue weighted by Crippen LogP contribution is 2.30. The van der Waals surface area contributed by atoms with Crippen LogP contribution in [0, 0.1) is 6.92 Å². The monoisotopic (exact) mass is 294 g/mol. The summed E-state index contributed by atoms with van der Waals surface area (Å²) < 4.78 is 43.2. The summed E-state index contributed by atoms with van der Waals surface area (Å²) in [5, 5.41) is 0. The third-order valence-corrected chi connectivity index (χ3v) is 2.85. The lowest BCUT2D eigenvalue weighted by atomic mass is 10.1. The van der Waals surface area contributed by atoms with Crippen LogP contribution in [-0.2, 0) is 17.5 Å². The molecule has 0 bridgehead atoms. The van der Waals surface area contributed by atoms with Crippen LogP contribution in [0.5, 0.6) is 0 Å². The zero-order valence-electron chi connectivity index (χ0n) is 11.3. The molecule has 0 saturated heterocycles. The molecule has 0 N–H and O–H groups in total. The Morgan fingerprint density at radius 1 is 1.10 bits per heavy atom. The van der Waals surface area contributed by atoms with Gasteiger partial charge in [0.25, 0.3) is 0 Å². The minimum atomic E-state index is -4.49. The Hall–Kier alpha value is -2.30. The maximum atomic E-state index is 12.7. The summed E-state index contributed by atoms with van der Waals surface area (Å²) in [5.74, 6) is -0.770.